The molecular formula is C12H15BrO2. The fraction of sp³-hybridized carbons (Fsp3) is 0.417. The van der Waals surface area contributed by atoms with E-state index in [-0.39, 0.29) is 5.78 Å². The average molecular weight is 271 g/mol. The van der Waals surface area contributed by atoms with Crippen LogP contribution in [-0.2, 0) is 0 Å². The first-order valence-electron chi connectivity index (χ1n) is 5.04. The zero-order valence-corrected chi connectivity index (χ0v) is 10.4. The van der Waals surface area contributed by atoms with E-state index in [0.29, 0.717) is 0 Å². The number of carbonyl (C=O) groups excluding carboxylic acids is 1. The molecule has 0 fully saturated rings. The second-order valence-corrected chi connectivity index (χ2v) is 4.12. The van der Waals surface area contributed by atoms with Crippen LogP contribution in [0, 0.1) is 0 Å². The number of rotatable bonds is 6. The van der Waals surface area contributed by atoms with Gasteiger partial charge in [-0.25, -0.2) is 0 Å². The smallest absolute Gasteiger partial charge is 0.159 e. The van der Waals surface area contributed by atoms with Crippen LogP contribution >= 0.6 is 15.9 Å². The zero-order chi connectivity index (χ0) is 11.1. The first kappa shape index (κ1) is 12.2. The maximum atomic E-state index is 11.0. The average Bonchev–Trinajstić information content (AvgIpc) is 2.25. The van der Waals surface area contributed by atoms with Crippen molar-refractivity contribution in [2.75, 3.05) is 11.9 Å². The number of unbranched alkanes of at least 4 members (excludes halogenated alkanes) is 1. The van der Waals surface area contributed by atoms with Gasteiger partial charge in [0.2, 0.25) is 0 Å². The third-order valence-electron chi connectivity index (χ3n) is 2.06. The van der Waals surface area contributed by atoms with Crippen molar-refractivity contribution < 1.29 is 9.53 Å². The van der Waals surface area contributed by atoms with Gasteiger partial charge in [0.25, 0.3) is 0 Å². The highest BCUT2D eigenvalue weighted by molar-refractivity contribution is 9.09. The molecule has 0 spiro atoms. The Bertz CT molecular complexity index is 306. The Morgan fingerprint density at radius 1 is 1.27 bits per heavy atom. The SMILES string of the molecule is CC(=O)c1ccc(OCCCCBr)cc1. The van der Waals surface area contributed by atoms with Crippen LogP contribution in [0.4, 0.5) is 0 Å². The number of alkyl halides is 1. The van der Waals surface area contributed by atoms with E-state index < -0.39 is 0 Å². The first-order chi connectivity index (χ1) is 7.24. The molecule has 0 radical (unpaired) electrons. The lowest BCUT2D eigenvalue weighted by Gasteiger charge is -2.05. The third-order valence-corrected chi connectivity index (χ3v) is 2.62. The van der Waals surface area contributed by atoms with Crippen molar-refractivity contribution >= 4 is 21.7 Å². The first-order valence-corrected chi connectivity index (χ1v) is 6.16. The molecule has 0 N–H and O–H groups in total. The van der Waals surface area contributed by atoms with Gasteiger partial charge < -0.3 is 4.74 Å². The Balaban J connectivity index is 2.39. The van der Waals surface area contributed by atoms with Gasteiger partial charge in [-0.15, -0.1) is 0 Å². The summed E-state index contributed by atoms with van der Waals surface area (Å²) in [5, 5.41) is 1.01. The summed E-state index contributed by atoms with van der Waals surface area (Å²) in [7, 11) is 0. The molecule has 15 heavy (non-hydrogen) atoms. The number of ether oxygens (including phenoxy) is 1. The monoisotopic (exact) mass is 270 g/mol. The van der Waals surface area contributed by atoms with Gasteiger partial charge in [0, 0.05) is 10.9 Å². The van der Waals surface area contributed by atoms with Crippen LogP contribution in [-0.4, -0.2) is 17.7 Å². The minimum atomic E-state index is 0.0841. The number of carbonyl (C=O) groups is 1. The highest BCUT2D eigenvalue weighted by Crippen LogP contribution is 2.13. The van der Waals surface area contributed by atoms with E-state index in [4.69, 9.17) is 4.74 Å². The van der Waals surface area contributed by atoms with E-state index in [1.54, 1.807) is 19.1 Å². The summed E-state index contributed by atoms with van der Waals surface area (Å²) < 4.78 is 5.51. The Kier molecular flexibility index (Phi) is 5.40. The highest BCUT2D eigenvalue weighted by atomic mass is 79.9. The predicted octanol–water partition coefficient (Wildman–Crippen LogP) is 3.44. The molecule has 1 rings (SSSR count). The van der Waals surface area contributed by atoms with E-state index in [2.05, 4.69) is 15.9 Å². The van der Waals surface area contributed by atoms with Crippen LogP contribution in [0.25, 0.3) is 0 Å². The van der Waals surface area contributed by atoms with Crippen molar-refractivity contribution in [3.05, 3.63) is 29.8 Å². The molecule has 3 heteroatoms. The van der Waals surface area contributed by atoms with Crippen LogP contribution in [0.3, 0.4) is 0 Å². The van der Waals surface area contributed by atoms with Crippen LogP contribution in [0.15, 0.2) is 24.3 Å². The topological polar surface area (TPSA) is 26.3 Å². The number of benzene rings is 1. The van der Waals surface area contributed by atoms with E-state index in [9.17, 15) is 4.79 Å². The van der Waals surface area contributed by atoms with Gasteiger partial charge >= 0.3 is 0 Å². The Labute approximate surface area is 98.8 Å². The predicted molar refractivity (Wildman–Crippen MR) is 65.0 cm³/mol. The fourth-order valence-corrected chi connectivity index (χ4v) is 1.57. The zero-order valence-electron chi connectivity index (χ0n) is 8.83. The fourth-order valence-electron chi connectivity index (χ4n) is 1.17. The second kappa shape index (κ2) is 6.62. The molecular weight excluding hydrogens is 256 g/mol. The number of hydrogen-bond donors (Lipinski definition) is 0. The molecule has 0 aliphatic heterocycles. The standard InChI is InChI=1S/C12H15BrO2/c1-10(14)11-4-6-12(7-5-11)15-9-3-2-8-13/h4-7H,2-3,8-9H2,1H3. The molecule has 0 saturated carbocycles. The summed E-state index contributed by atoms with van der Waals surface area (Å²) >= 11 is 3.37. The molecule has 2 nitrogen and oxygen atoms in total. The Morgan fingerprint density at radius 2 is 1.93 bits per heavy atom. The Hall–Kier alpha value is -0.830. The second-order valence-electron chi connectivity index (χ2n) is 3.33. The summed E-state index contributed by atoms with van der Waals surface area (Å²) in [5.41, 5.74) is 0.725. The maximum absolute atomic E-state index is 11.0. The molecule has 1 aromatic carbocycles. The summed E-state index contributed by atoms with van der Waals surface area (Å²) in [4.78, 5) is 11.0. The normalized spacial score (nSPS) is 10.0. The maximum Gasteiger partial charge on any atom is 0.159 e. The molecule has 82 valence electrons. The lowest BCUT2D eigenvalue weighted by atomic mass is 10.1. The molecule has 0 amide bonds. The summed E-state index contributed by atoms with van der Waals surface area (Å²) in [6.45, 7) is 2.29. The van der Waals surface area contributed by atoms with Gasteiger partial charge in [-0.05, 0) is 44.0 Å². The van der Waals surface area contributed by atoms with Crippen molar-refractivity contribution in [2.45, 2.75) is 19.8 Å². The lowest BCUT2D eigenvalue weighted by Crippen LogP contribution is -1.98. The van der Waals surface area contributed by atoms with Crippen molar-refractivity contribution in [3.8, 4) is 5.75 Å². The summed E-state index contributed by atoms with van der Waals surface area (Å²) in [6, 6.07) is 7.26. The van der Waals surface area contributed by atoms with Crippen LogP contribution < -0.4 is 4.74 Å². The molecule has 0 bridgehead atoms. The van der Waals surface area contributed by atoms with Crippen molar-refractivity contribution in [2.24, 2.45) is 0 Å². The quantitative estimate of drug-likeness (QED) is 0.450. The largest absolute Gasteiger partial charge is 0.494 e. The minimum Gasteiger partial charge on any atom is -0.494 e. The molecule has 1 aromatic rings. The third kappa shape index (κ3) is 4.47. The van der Waals surface area contributed by atoms with E-state index in [1.807, 2.05) is 12.1 Å². The van der Waals surface area contributed by atoms with Gasteiger partial charge in [0.15, 0.2) is 5.78 Å². The van der Waals surface area contributed by atoms with E-state index >= 15 is 0 Å². The molecule has 0 atom stereocenters. The van der Waals surface area contributed by atoms with E-state index in [0.717, 1.165) is 36.1 Å². The molecule has 0 aliphatic carbocycles. The number of halogens is 1. The summed E-state index contributed by atoms with van der Waals surface area (Å²) in [5.74, 6) is 0.912. The van der Waals surface area contributed by atoms with Gasteiger partial charge in [0.1, 0.15) is 5.75 Å². The minimum absolute atomic E-state index is 0.0841. The van der Waals surface area contributed by atoms with Crippen molar-refractivity contribution in [1.82, 2.24) is 0 Å². The number of ketones is 1. The van der Waals surface area contributed by atoms with Gasteiger partial charge in [-0.2, -0.15) is 0 Å². The van der Waals surface area contributed by atoms with Gasteiger partial charge in [-0.1, -0.05) is 15.9 Å². The van der Waals surface area contributed by atoms with Crippen molar-refractivity contribution in [1.29, 1.82) is 0 Å². The van der Waals surface area contributed by atoms with Crippen molar-refractivity contribution in [3.63, 3.8) is 0 Å². The number of hydrogen-bond acceptors (Lipinski definition) is 2. The Morgan fingerprint density at radius 3 is 2.47 bits per heavy atom. The van der Waals surface area contributed by atoms with Gasteiger partial charge in [-0.3, -0.25) is 4.79 Å². The number of Topliss-reactive ketones (excluding diaryl/α,β-unsaturated/α-hetero) is 1. The van der Waals surface area contributed by atoms with Gasteiger partial charge in [0.05, 0.1) is 6.61 Å². The van der Waals surface area contributed by atoms with E-state index in [1.165, 1.54) is 0 Å². The summed E-state index contributed by atoms with van der Waals surface area (Å²) in [6.07, 6.45) is 2.16. The van der Waals surface area contributed by atoms with Crippen LogP contribution in [0.1, 0.15) is 30.1 Å². The lowest BCUT2D eigenvalue weighted by molar-refractivity contribution is 0.101. The van der Waals surface area contributed by atoms with Crippen LogP contribution in [0.2, 0.25) is 0 Å². The molecule has 0 unspecified atom stereocenters. The van der Waals surface area contributed by atoms with Crippen LogP contribution in [0.5, 0.6) is 5.75 Å². The molecule has 0 aliphatic rings. The molecule has 0 heterocycles. The molecule has 0 saturated heterocycles. The highest BCUT2D eigenvalue weighted by Gasteiger charge is 1.99. The molecule has 0 aromatic heterocycles.